The molecule has 0 bridgehead atoms. The number of fused-ring (bicyclic) bond motifs is 2. The van der Waals surface area contributed by atoms with Crippen LogP contribution in [0.1, 0.15) is 37.9 Å². The van der Waals surface area contributed by atoms with Gasteiger partial charge in [0.1, 0.15) is 11.6 Å². The Hall–Kier alpha value is -3.02. The van der Waals surface area contributed by atoms with Crippen LogP contribution in [-0.2, 0) is 22.2 Å². The Morgan fingerprint density at radius 1 is 1.22 bits per heavy atom. The van der Waals surface area contributed by atoms with Gasteiger partial charge in [-0.2, -0.15) is 8.78 Å². The van der Waals surface area contributed by atoms with Crippen molar-refractivity contribution in [2.75, 3.05) is 18.5 Å². The summed E-state index contributed by atoms with van der Waals surface area (Å²) in [4.78, 5) is 13.3. The first-order chi connectivity index (χ1) is 17.4. The quantitative estimate of drug-likeness (QED) is 0.345. The number of halogens is 3. The van der Waals surface area contributed by atoms with Crippen LogP contribution in [0.2, 0.25) is 0 Å². The summed E-state index contributed by atoms with van der Waals surface area (Å²) in [5.41, 5.74) is 0.0922. The first kappa shape index (κ1) is 25.6. The molecule has 0 unspecified atom stereocenters. The van der Waals surface area contributed by atoms with Crippen LogP contribution in [0.3, 0.4) is 0 Å². The highest BCUT2D eigenvalue weighted by molar-refractivity contribution is 6.58. The molecule has 1 amide bonds. The zero-order valence-corrected chi connectivity index (χ0v) is 20.4. The first-order valence-electron chi connectivity index (χ1n) is 12.0. The third-order valence-corrected chi connectivity index (χ3v) is 7.25. The average molecular weight is 515 g/mol. The highest BCUT2D eigenvalue weighted by Gasteiger charge is 2.52. The molecule has 1 fully saturated rings. The van der Waals surface area contributed by atoms with Crippen molar-refractivity contribution in [1.82, 2.24) is 4.57 Å². The fourth-order valence-corrected chi connectivity index (χ4v) is 4.90. The van der Waals surface area contributed by atoms with Gasteiger partial charge in [0, 0.05) is 22.6 Å². The summed E-state index contributed by atoms with van der Waals surface area (Å²) >= 11 is 0. The van der Waals surface area contributed by atoms with Gasteiger partial charge in [0.25, 0.3) is 0 Å². The topological polar surface area (TPSA) is 104 Å². The van der Waals surface area contributed by atoms with Gasteiger partial charge in [-0.1, -0.05) is 26.0 Å². The van der Waals surface area contributed by atoms with Crippen LogP contribution in [0.15, 0.2) is 36.4 Å². The number of ether oxygens (including phenoxy) is 1. The van der Waals surface area contributed by atoms with E-state index in [1.807, 2.05) is 0 Å². The summed E-state index contributed by atoms with van der Waals surface area (Å²) in [6, 6.07) is 5.62. The number of benzene rings is 2. The van der Waals surface area contributed by atoms with Gasteiger partial charge in [0.05, 0.1) is 42.5 Å². The maximum atomic E-state index is 15.2. The van der Waals surface area contributed by atoms with Crippen molar-refractivity contribution >= 4 is 35.2 Å². The molecule has 2 heterocycles. The maximum absolute atomic E-state index is 15.2. The van der Waals surface area contributed by atoms with Gasteiger partial charge in [-0.05, 0) is 42.1 Å². The van der Waals surface area contributed by atoms with Crippen molar-refractivity contribution in [3.8, 4) is 5.75 Å². The molecule has 11 heteroatoms. The molecule has 4 N–H and O–H groups in total. The molecule has 1 atom stereocenters. The van der Waals surface area contributed by atoms with Crippen LogP contribution in [0.4, 0.5) is 18.9 Å². The highest BCUT2D eigenvalue weighted by Crippen LogP contribution is 2.50. The van der Waals surface area contributed by atoms with Gasteiger partial charge in [0.15, 0.2) is 0 Å². The zero-order chi connectivity index (χ0) is 26.8. The van der Waals surface area contributed by atoms with E-state index in [4.69, 9.17) is 0 Å². The Morgan fingerprint density at radius 2 is 1.95 bits per heavy atom. The van der Waals surface area contributed by atoms with Gasteiger partial charge in [-0.3, -0.25) is 4.79 Å². The van der Waals surface area contributed by atoms with Crippen molar-refractivity contribution in [3.63, 3.8) is 0 Å². The van der Waals surface area contributed by atoms with Gasteiger partial charge in [-0.15, -0.1) is 0 Å². The highest BCUT2D eigenvalue weighted by atomic mass is 19.3. The second-order valence-electron chi connectivity index (χ2n) is 10.5. The number of carbonyl (C=O) groups is 1. The number of aromatic nitrogens is 1. The molecule has 0 spiro atoms. The van der Waals surface area contributed by atoms with Crippen LogP contribution in [0, 0.1) is 5.82 Å². The lowest BCUT2D eigenvalue weighted by Gasteiger charge is -2.25. The number of amides is 1. The summed E-state index contributed by atoms with van der Waals surface area (Å²) in [6.07, 6.45) is -0.132. The molecule has 0 saturated heterocycles. The molecule has 195 valence electrons. The van der Waals surface area contributed by atoms with Crippen molar-refractivity contribution in [3.05, 3.63) is 53.5 Å². The number of rotatable bonds is 8. The van der Waals surface area contributed by atoms with Gasteiger partial charge < -0.3 is 29.9 Å². The number of nitrogens with one attached hydrogen (secondary N) is 1. The summed E-state index contributed by atoms with van der Waals surface area (Å²) in [5.74, 6) is -1.15. The Bertz CT molecular complexity index is 1390. The number of nitrogens with zero attached hydrogens (tertiary/aromatic N) is 1. The summed E-state index contributed by atoms with van der Waals surface area (Å²) < 4.78 is 48.7. The van der Waals surface area contributed by atoms with E-state index in [1.54, 1.807) is 30.5 Å². The largest absolute Gasteiger partial charge is 0.441 e. The molecule has 2 aromatic carbocycles. The van der Waals surface area contributed by atoms with Crippen LogP contribution in [0.25, 0.3) is 10.9 Å². The second kappa shape index (κ2) is 8.78. The van der Waals surface area contributed by atoms with Crippen molar-refractivity contribution in [2.45, 2.75) is 56.2 Å². The van der Waals surface area contributed by atoms with Crippen molar-refractivity contribution < 1.29 is 38.0 Å². The first-order valence-corrected chi connectivity index (χ1v) is 12.0. The van der Waals surface area contributed by atoms with E-state index in [9.17, 15) is 28.9 Å². The smallest absolute Gasteiger partial charge is 0.350 e. The van der Waals surface area contributed by atoms with E-state index < -0.39 is 41.3 Å². The van der Waals surface area contributed by atoms with E-state index in [-0.39, 0.29) is 30.1 Å². The normalized spacial score (nSPS) is 18.2. The third-order valence-electron chi connectivity index (χ3n) is 7.25. The monoisotopic (exact) mass is 515 g/mol. The van der Waals surface area contributed by atoms with Crippen LogP contribution in [-0.4, -0.2) is 58.4 Å². The minimum absolute atomic E-state index is 0.000362. The van der Waals surface area contributed by atoms with E-state index in [0.717, 1.165) is 0 Å². The number of alkyl halides is 2. The zero-order valence-electron chi connectivity index (χ0n) is 20.4. The Morgan fingerprint density at radius 3 is 2.59 bits per heavy atom. The molecular formula is C26H27BF3N2O5. The van der Waals surface area contributed by atoms with E-state index >= 15 is 4.39 Å². The number of anilines is 1. The lowest BCUT2D eigenvalue weighted by Crippen LogP contribution is -2.30. The molecule has 1 aliphatic heterocycles. The standard InChI is InChI=1S/C26H27BF3N2O5/c1-24(2,13-34)22-8-14-7-19(18(28)10-20(14)32(22)11-16(35)12-33)31-23(36)25(5-6-25)15-3-4-17-21(9-15)37-26(29,30)27-17/h3-4,7-10,16,33-35H,5-6,11-13H2,1-2H3,(H,31,36)/t16-/m1/s1. The summed E-state index contributed by atoms with van der Waals surface area (Å²) in [5, 5.41) is 32.5. The summed E-state index contributed by atoms with van der Waals surface area (Å²) in [7, 11) is 0.717. The molecule has 1 aromatic heterocycles. The van der Waals surface area contributed by atoms with E-state index in [1.165, 1.54) is 24.3 Å². The minimum Gasteiger partial charge on any atom is -0.441 e. The van der Waals surface area contributed by atoms with Crippen LogP contribution < -0.4 is 15.5 Å². The van der Waals surface area contributed by atoms with Gasteiger partial charge in [-0.25, -0.2) is 4.39 Å². The van der Waals surface area contributed by atoms with Crippen molar-refractivity contribution in [1.29, 1.82) is 0 Å². The van der Waals surface area contributed by atoms with E-state index in [2.05, 4.69) is 10.1 Å². The third kappa shape index (κ3) is 4.49. The molecule has 2 aliphatic rings. The molecule has 7 nitrogen and oxygen atoms in total. The Kier molecular flexibility index (Phi) is 6.08. The number of carbonyl (C=O) groups excluding carboxylic acids is 1. The SMILES string of the molecule is CC(C)(CO)c1cc2cc(NC(=O)C3(c4ccc5c(c4)OC(F)(F)[B]5)CC3)c(F)cc2n1C[C@@H](O)CO. The molecular weight excluding hydrogens is 488 g/mol. The maximum Gasteiger partial charge on any atom is 0.350 e. The predicted octanol–water partition coefficient (Wildman–Crippen LogP) is 2.35. The van der Waals surface area contributed by atoms with Gasteiger partial charge in [0.2, 0.25) is 5.91 Å². The molecule has 1 saturated carbocycles. The number of aliphatic hydroxyl groups excluding tert-OH is 3. The second-order valence-corrected chi connectivity index (χ2v) is 10.5. The van der Waals surface area contributed by atoms with Crippen molar-refractivity contribution in [2.24, 2.45) is 0 Å². The predicted molar refractivity (Wildman–Crippen MR) is 132 cm³/mol. The van der Waals surface area contributed by atoms with Crippen LogP contribution >= 0.6 is 0 Å². The summed E-state index contributed by atoms with van der Waals surface area (Å²) in [6.45, 7) is 2.89. The van der Waals surface area contributed by atoms with Gasteiger partial charge >= 0.3 is 13.3 Å². The lowest BCUT2D eigenvalue weighted by molar-refractivity contribution is -0.118. The number of hydrogen-bond acceptors (Lipinski definition) is 5. The molecule has 1 radical (unpaired) electrons. The minimum atomic E-state index is -3.40. The van der Waals surface area contributed by atoms with E-state index in [0.29, 0.717) is 42.3 Å². The molecule has 5 rings (SSSR count). The lowest BCUT2D eigenvalue weighted by atomic mass is 9.70. The fourth-order valence-electron chi connectivity index (χ4n) is 4.90. The molecule has 37 heavy (non-hydrogen) atoms. The Balaban J connectivity index is 1.46. The number of aliphatic hydroxyl groups is 3. The average Bonchev–Trinajstić information content (AvgIpc) is 3.50. The molecule has 3 aromatic rings. The number of hydrogen-bond donors (Lipinski definition) is 4. The Labute approximate surface area is 212 Å². The fraction of sp³-hybridized carbons (Fsp3) is 0.423. The molecule has 1 aliphatic carbocycles. The van der Waals surface area contributed by atoms with Crippen LogP contribution in [0.5, 0.6) is 5.75 Å².